The van der Waals surface area contributed by atoms with Gasteiger partial charge in [0.15, 0.2) is 0 Å². The minimum absolute atomic E-state index is 0.714. The summed E-state index contributed by atoms with van der Waals surface area (Å²) in [4.78, 5) is 18.7. The summed E-state index contributed by atoms with van der Waals surface area (Å²) < 4.78 is 5.39. The third kappa shape index (κ3) is 5.61. The van der Waals surface area contributed by atoms with Crippen LogP contribution in [0.2, 0.25) is 0 Å². The molecule has 26 heavy (non-hydrogen) atoms. The number of likely N-dealkylation sites (N-methyl/N-ethyl adjacent to an activating group) is 2. The largest absolute Gasteiger partial charge is 0.378 e. The fourth-order valence-corrected chi connectivity index (χ4v) is 3.67. The molecule has 3 heterocycles. The lowest BCUT2D eigenvalue weighted by atomic mass is 10.0. The predicted molar refractivity (Wildman–Crippen MR) is 105 cm³/mol. The molecule has 0 aromatic carbocycles. The van der Waals surface area contributed by atoms with Crippen molar-refractivity contribution >= 4 is 5.95 Å². The second kappa shape index (κ2) is 9.60. The van der Waals surface area contributed by atoms with Crippen molar-refractivity contribution in [2.45, 2.75) is 25.4 Å². The Morgan fingerprint density at radius 1 is 1.00 bits per heavy atom. The van der Waals surface area contributed by atoms with Crippen LogP contribution in [-0.2, 0) is 11.3 Å². The number of piperidine rings is 1. The van der Waals surface area contributed by atoms with Crippen LogP contribution in [0.15, 0.2) is 12.4 Å². The van der Waals surface area contributed by atoms with Crippen LogP contribution >= 0.6 is 0 Å². The quantitative estimate of drug-likeness (QED) is 0.710. The molecule has 1 aromatic rings. The van der Waals surface area contributed by atoms with Crippen molar-refractivity contribution in [1.82, 2.24) is 24.7 Å². The molecule has 0 bridgehead atoms. The van der Waals surface area contributed by atoms with E-state index in [1.165, 1.54) is 18.4 Å². The lowest BCUT2D eigenvalue weighted by Gasteiger charge is -2.37. The monoisotopic (exact) mass is 362 g/mol. The van der Waals surface area contributed by atoms with E-state index in [9.17, 15) is 0 Å². The van der Waals surface area contributed by atoms with Gasteiger partial charge in [0.25, 0.3) is 0 Å². The summed E-state index contributed by atoms with van der Waals surface area (Å²) >= 11 is 0. The summed E-state index contributed by atoms with van der Waals surface area (Å²) in [6, 6.07) is 0.714. The van der Waals surface area contributed by atoms with Gasteiger partial charge in [0, 0.05) is 56.7 Å². The highest BCUT2D eigenvalue weighted by Gasteiger charge is 2.22. The van der Waals surface area contributed by atoms with E-state index in [2.05, 4.69) is 50.7 Å². The molecule has 2 saturated heterocycles. The van der Waals surface area contributed by atoms with Gasteiger partial charge in [-0.3, -0.25) is 4.90 Å². The molecule has 1 aromatic heterocycles. The molecular weight excluding hydrogens is 328 g/mol. The molecule has 0 spiro atoms. The standard InChI is InChI=1S/C19H34N6O/c1-22(2)8-9-23(3)18-4-6-24(7-5-18)16-17-14-20-19(21-15-17)25-10-12-26-13-11-25/h14-15,18H,4-13,16H2,1-3H3. The van der Waals surface area contributed by atoms with Crippen molar-refractivity contribution in [3.63, 3.8) is 0 Å². The number of morpholine rings is 1. The molecule has 0 amide bonds. The third-order valence-corrected chi connectivity index (χ3v) is 5.47. The first-order chi connectivity index (χ1) is 12.6. The molecule has 0 unspecified atom stereocenters. The van der Waals surface area contributed by atoms with Gasteiger partial charge in [-0.05, 0) is 47.1 Å². The van der Waals surface area contributed by atoms with Crippen molar-refractivity contribution in [1.29, 1.82) is 0 Å². The van der Waals surface area contributed by atoms with Crippen molar-refractivity contribution in [2.75, 3.05) is 78.5 Å². The number of rotatable bonds is 7. The highest BCUT2D eigenvalue weighted by molar-refractivity contribution is 5.30. The van der Waals surface area contributed by atoms with Crippen LogP contribution in [0.4, 0.5) is 5.95 Å². The van der Waals surface area contributed by atoms with Crippen LogP contribution < -0.4 is 4.90 Å². The Labute approximate surface area is 157 Å². The van der Waals surface area contributed by atoms with Crippen LogP contribution in [0.1, 0.15) is 18.4 Å². The summed E-state index contributed by atoms with van der Waals surface area (Å²) in [6.07, 6.45) is 6.48. The molecule has 0 saturated carbocycles. The average Bonchev–Trinajstić information content (AvgIpc) is 2.68. The molecule has 2 aliphatic heterocycles. The van der Waals surface area contributed by atoms with Gasteiger partial charge in [-0.1, -0.05) is 0 Å². The number of nitrogens with zero attached hydrogens (tertiary/aromatic N) is 6. The van der Waals surface area contributed by atoms with Crippen LogP contribution in [0.5, 0.6) is 0 Å². The van der Waals surface area contributed by atoms with Gasteiger partial charge in [0.1, 0.15) is 0 Å². The minimum atomic E-state index is 0.714. The maximum Gasteiger partial charge on any atom is 0.225 e. The van der Waals surface area contributed by atoms with E-state index in [1.807, 2.05) is 12.4 Å². The highest BCUT2D eigenvalue weighted by Crippen LogP contribution is 2.18. The molecule has 0 aliphatic carbocycles. The van der Waals surface area contributed by atoms with Gasteiger partial charge in [0.05, 0.1) is 13.2 Å². The van der Waals surface area contributed by atoms with Crippen LogP contribution in [-0.4, -0.2) is 104 Å². The first-order valence-electron chi connectivity index (χ1n) is 9.83. The molecule has 7 nitrogen and oxygen atoms in total. The van der Waals surface area contributed by atoms with Gasteiger partial charge < -0.3 is 19.4 Å². The third-order valence-electron chi connectivity index (χ3n) is 5.47. The SMILES string of the molecule is CN(C)CCN(C)C1CCN(Cc2cnc(N3CCOCC3)nc2)CC1. The number of anilines is 1. The van der Waals surface area contributed by atoms with Gasteiger partial charge in [-0.25, -0.2) is 9.97 Å². The van der Waals surface area contributed by atoms with Crippen LogP contribution in [0.25, 0.3) is 0 Å². The van der Waals surface area contributed by atoms with E-state index in [0.29, 0.717) is 6.04 Å². The van der Waals surface area contributed by atoms with Gasteiger partial charge >= 0.3 is 0 Å². The number of hydrogen-bond acceptors (Lipinski definition) is 7. The average molecular weight is 363 g/mol. The Hall–Kier alpha value is -1.28. The molecular formula is C19H34N6O. The predicted octanol–water partition coefficient (Wildman–Crippen LogP) is 0.771. The number of aromatic nitrogens is 2. The molecule has 0 N–H and O–H groups in total. The summed E-state index contributed by atoms with van der Waals surface area (Å²) in [5.74, 6) is 0.832. The van der Waals surface area contributed by atoms with Crippen molar-refractivity contribution < 1.29 is 4.74 Å². The van der Waals surface area contributed by atoms with Crippen LogP contribution in [0.3, 0.4) is 0 Å². The topological polar surface area (TPSA) is 48.0 Å². The Balaban J connectivity index is 1.42. The number of likely N-dealkylation sites (tertiary alicyclic amines) is 1. The Kier molecular flexibility index (Phi) is 7.19. The molecule has 146 valence electrons. The molecule has 0 radical (unpaired) electrons. The molecule has 0 atom stereocenters. The minimum Gasteiger partial charge on any atom is -0.378 e. The van der Waals surface area contributed by atoms with E-state index in [-0.39, 0.29) is 0 Å². The van der Waals surface area contributed by atoms with E-state index < -0.39 is 0 Å². The van der Waals surface area contributed by atoms with Gasteiger partial charge in [-0.2, -0.15) is 0 Å². The Bertz CT molecular complexity index is 523. The van der Waals surface area contributed by atoms with Crippen molar-refractivity contribution in [3.05, 3.63) is 18.0 Å². The smallest absolute Gasteiger partial charge is 0.225 e. The van der Waals surface area contributed by atoms with E-state index in [0.717, 1.165) is 65.0 Å². The fourth-order valence-electron chi connectivity index (χ4n) is 3.67. The summed E-state index contributed by atoms with van der Waals surface area (Å²) in [6.45, 7) is 8.84. The van der Waals surface area contributed by atoms with E-state index >= 15 is 0 Å². The zero-order chi connectivity index (χ0) is 18.4. The zero-order valence-corrected chi connectivity index (χ0v) is 16.6. The summed E-state index contributed by atoms with van der Waals surface area (Å²) in [5.41, 5.74) is 1.21. The van der Waals surface area contributed by atoms with Crippen molar-refractivity contribution in [2.24, 2.45) is 0 Å². The number of ether oxygens (including phenoxy) is 1. The second-order valence-corrected chi connectivity index (χ2v) is 7.78. The molecule has 2 aliphatic rings. The Morgan fingerprint density at radius 2 is 1.65 bits per heavy atom. The van der Waals surface area contributed by atoms with E-state index in [4.69, 9.17) is 4.74 Å². The zero-order valence-electron chi connectivity index (χ0n) is 16.6. The van der Waals surface area contributed by atoms with E-state index in [1.54, 1.807) is 0 Å². The fraction of sp³-hybridized carbons (Fsp3) is 0.789. The molecule has 3 rings (SSSR count). The van der Waals surface area contributed by atoms with Crippen LogP contribution in [0, 0.1) is 0 Å². The normalized spacial score (nSPS) is 20.3. The van der Waals surface area contributed by atoms with Crippen molar-refractivity contribution in [3.8, 4) is 0 Å². The summed E-state index contributed by atoms with van der Waals surface area (Å²) in [5, 5.41) is 0. The van der Waals surface area contributed by atoms with Gasteiger partial charge in [0.2, 0.25) is 5.95 Å². The highest BCUT2D eigenvalue weighted by atomic mass is 16.5. The Morgan fingerprint density at radius 3 is 2.27 bits per heavy atom. The van der Waals surface area contributed by atoms with Gasteiger partial charge in [-0.15, -0.1) is 0 Å². The summed E-state index contributed by atoms with van der Waals surface area (Å²) in [7, 11) is 6.55. The maximum atomic E-state index is 5.39. The second-order valence-electron chi connectivity index (χ2n) is 7.78. The lowest BCUT2D eigenvalue weighted by Crippen LogP contribution is -2.44. The first-order valence-corrected chi connectivity index (χ1v) is 9.83. The maximum absolute atomic E-state index is 5.39. The molecule has 2 fully saturated rings. The molecule has 7 heteroatoms. The number of hydrogen-bond donors (Lipinski definition) is 0. The first kappa shape index (κ1) is 19.5. The lowest BCUT2D eigenvalue weighted by molar-refractivity contribution is 0.118.